The average molecular weight is 434 g/mol. The number of hydrogen-bond acceptors (Lipinski definition) is 7. The molecule has 11 heteroatoms. The number of sulfonamides is 1. The molecule has 9 nitrogen and oxygen atoms in total. The van der Waals surface area contributed by atoms with E-state index >= 15 is 0 Å². The number of benzene rings is 1. The van der Waals surface area contributed by atoms with Crippen molar-refractivity contribution in [2.75, 3.05) is 32.1 Å². The van der Waals surface area contributed by atoms with Crippen molar-refractivity contribution in [2.24, 2.45) is 5.14 Å². The number of aliphatic hydroxyl groups excluding tert-OH is 1. The highest BCUT2D eigenvalue weighted by Gasteiger charge is 2.35. The van der Waals surface area contributed by atoms with Gasteiger partial charge in [-0.15, -0.1) is 0 Å². The lowest BCUT2D eigenvalue weighted by Gasteiger charge is -2.16. The standard InChI is InChI=1S/C14H16BrN3O6S/c1-24-14(21)8-7-18(5-6-19)13(20)11(8)17-10-4-2-3-9(15)12(10)25(16,22)23/h2-4,17,19H,5-7H2,1H3,(H2,16,22,23). The van der Waals surface area contributed by atoms with Gasteiger partial charge in [-0.1, -0.05) is 6.07 Å². The molecule has 0 aromatic heterocycles. The molecular formula is C14H16BrN3O6S. The first-order chi connectivity index (χ1) is 11.7. The van der Waals surface area contributed by atoms with E-state index in [1.165, 1.54) is 24.1 Å². The molecule has 25 heavy (non-hydrogen) atoms. The first-order valence-electron chi connectivity index (χ1n) is 7.00. The maximum absolute atomic E-state index is 12.5. The Bertz CT molecular complexity index is 852. The van der Waals surface area contributed by atoms with E-state index in [2.05, 4.69) is 26.0 Å². The molecule has 1 aliphatic heterocycles. The number of primary sulfonamides is 1. The van der Waals surface area contributed by atoms with Gasteiger partial charge in [0.1, 0.15) is 10.6 Å². The van der Waals surface area contributed by atoms with Gasteiger partial charge in [-0.25, -0.2) is 18.4 Å². The topological polar surface area (TPSA) is 139 Å². The van der Waals surface area contributed by atoms with E-state index in [1.807, 2.05) is 0 Å². The van der Waals surface area contributed by atoms with Gasteiger partial charge in [0, 0.05) is 11.0 Å². The van der Waals surface area contributed by atoms with Crippen molar-refractivity contribution < 1.29 is 27.9 Å². The third-order valence-corrected chi connectivity index (χ3v) is 5.40. The molecule has 0 bridgehead atoms. The van der Waals surface area contributed by atoms with Gasteiger partial charge in [0.2, 0.25) is 10.0 Å². The summed E-state index contributed by atoms with van der Waals surface area (Å²) in [5.41, 5.74) is -0.0583. The highest BCUT2D eigenvalue weighted by atomic mass is 79.9. The van der Waals surface area contributed by atoms with Crippen LogP contribution < -0.4 is 10.5 Å². The molecule has 0 radical (unpaired) electrons. The van der Waals surface area contributed by atoms with Crippen LogP contribution in [-0.4, -0.2) is 57.1 Å². The average Bonchev–Trinajstić information content (AvgIpc) is 2.83. The number of rotatable bonds is 6. The molecule has 136 valence electrons. The zero-order valence-electron chi connectivity index (χ0n) is 13.2. The number of anilines is 1. The van der Waals surface area contributed by atoms with E-state index < -0.39 is 21.9 Å². The molecule has 1 aliphatic rings. The minimum atomic E-state index is -4.10. The van der Waals surface area contributed by atoms with E-state index in [-0.39, 0.29) is 46.0 Å². The largest absolute Gasteiger partial charge is 0.466 e. The zero-order valence-corrected chi connectivity index (χ0v) is 15.6. The molecular weight excluding hydrogens is 418 g/mol. The maximum atomic E-state index is 12.5. The number of β-amino-alcohol motifs (C(OH)–C–C–N with tert-alkyl or cyclic N) is 1. The third-order valence-electron chi connectivity index (χ3n) is 3.46. The zero-order chi connectivity index (χ0) is 18.8. The molecule has 0 saturated heterocycles. The number of amides is 1. The summed E-state index contributed by atoms with van der Waals surface area (Å²) in [4.78, 5) is 25.4. The van der Waals surface area contributed by atoms with Crippen LogP contribution in [-0.2, 0) is 24.3 Å². The lowest BCUT2D eigenvalue weighted by molar-refractivity contribution is -0.136. The summed E-state index contributed by atoms with van der Waals surface area (Å²) in [7, 11) is -2.94. The lowest BCUT2D eigenvalue weighted by atomic mass is 10.2. The van der Waals surface area contributed by atoms with Crippen molar-refractivity contribution in [3.05, 3.63) is 33.9 Å². The lowest BCUT2D eigenvalue weighted by Crippen LogP contribution is -2.31. The number of ether oxygens (including phenoxy) is 1. The molecule has 1 aromatic carbocycles. The van der Waals surface area contributed by atoms with Gasteiger partial charge in [-0.3, -0.25) is 4.79 Å². The summed E-state index contributed by atoms with van der Waals surface area (Å²) in [6, 6.07) is 4.44. The number of aliphatic hydroxyl groups is 1. The Morgan fingerprint density at radius 2 is 2.16 bits per heavy atom. The van der Waals surface area contributed by atoms with E-state index in [0.29, 0.717) is 0 Å². The van der Waals surface area contributed by atoms with Gasteiger partial charge in [0.05, 0.1) is 31.5 Å². The number of halogens is 1. The maximum Gasteiger partial charge on any atom is 0.337 e. The summed E-state index contributed by atoms with van der Waals surface area (Å²) in [6.07, 6.45) is 0. The normalized spacial score (nSPS) is 14.9. The summed E-state index contributed by atoms with van der Waals surface area (Å²) in [5.74, 6) is -1.29. The van der Waals surface area contributed by atoms with Crippen LogP contribution in [0, 0.1) is 0 Å². The monoisotopic (exact) mass is 433 g/mol. The Morgan fingerprint density at radius 3 is 2.72 bits per heavy atom. The molecule has 0 saturated carbocycles. The van der Waals surface area contributed by atoms with Crippen molar-refractivity contribution in [1.82, 2.24) is 4.90 Å². The fourth-order valence-corrected chi connectivity index (χ4v) is 4.19. The van der Waals surface area contributed by atoms with Crippen molar-refractivity contribution in [3.63, 3.8) is 0 Å². The van der Waals surface area contributed by atoms with Crippen LogP contribution in [0.3, 0.4) is 0 Å². The van der Waals surface area contributed by atoms with E-state index in [9.17, 15) is 18.0 Å². The molecule has 0 atom stereocenters. The highest BCUT2D eigenvalue weighted by Crippen LogP contribution is 2.31. The summed E-state index contributed by atoms with van der Waals surface area (Å²) in [5, 5.41) is 16.9. The van der Waals surface area contributed by atoms with Gasteiger partial charge in [0.25, 0.3) is 5.91 Å². The molecule has 1 amide bonds. The van der Waals surface area contributed by atoms with Crippen LogP contribution >= 0.6 is 15.9 Å². The quantitative estimate of drug-likeness (QED) is 0.526. The molecule has 4 N–H and O–H groups in total. The molecule has 1 aromatic rings. The summed E-state index contributed by atoms with van der Waals surface area (Å²) in [6.45, 7) is -0.328. The fraction of sp³-hybridized carbons (Fsp3) is 0.286. The predicted octanol–water partition coefficient (Wildman–Crippen LogP) is -0.230. The van der Waals surface area contributed by atoms with Gasteiger partial charge in [-0.2, -0.15) is 0 Å². The molecule has 0 unspecified atom stereocenters. The third kappa shape index (κ3) is 4.00. The van der Waals surface area contributed by atoms with E-state index in [4.69, 9.17) is 10.2 Å². The Labute approximate surface area is 152 Å². The first-order valence-corrected chi connectivity index (χ1v) is 9.34. The SMILES string of the molecule is COC(=O)C1=C(Nc2cccc(Br)c2S(N)(=O)=O)C(=O)N(CCO)C1. The van der Waals surface area contributed by atoms with Gasteiger partial charge in [0.15, 0.2) is 0 Å². The van der Waals surface area contributed by atoms with Crippen molar-refractivity contribution in [3.8, 4) is 0 Å². The van der Waals surface area contributed by atoms with Crippen LogP contribution in [0.5, 0.6) is 0 Å². The van der Waals surface area contributed by atoms with Gasteiger partial charge < -0.3 is 20.1 Å². The van der Waals surface area contributed by atoms with Crippen LogP contribution in [0.25, 0.3) is 0 Å². The van der Waals surface area contributed by atoms with Gasteiger partial charge in [-0.05, 0) is 28.1 Å². The highest BCUT2D eigenvalue weighted by molar-refractivity contribution is 9.10. The molecule has 0 fully saturated rings. The number of nitrogens with one attached hydrogen (secondary N) is 1. The fourth-order valence-electron chi connectivity index (χ4n) is 2.38. The van der Waals surface area contributed by atoms with Crippen LogP contribution in [0.2, 0.25) is 0 Å². The van der Waals surface area contributed by atoms with E-state index in [0.717, 1.165) is 0 Å². The van der Waals surface area contributed by atoms with Crippen LogP contribution in [0.15, 0.2) is 38.8 Å². The number of nitrogens with zero attached hydrogens (tertiary/aromatic N) is 1. The summed E-state index contributed by atoms with van der Waals surface area (Å²) >= 11 is 3.11. The molecule has 0 spiro atoms. The van der Waals surface area contributed by atoms with Crippen LogP contribution in [0.1, 0.15) is 0 Å². The number of nitrogens with two attached hydrogens (primary N) is 1. The second kappa shape index (κ2) is 7.52. The van der Waals surface area contributed by atoms with Crippen molar-refractivity contribution in [1.29, 1.82) is 0 Å². The van der Waals surface area contributed by atoms with Crippen molar-refractivity contribution in [2.45, 2.75) is 4.90 Å². The first kappa shape index (κ1) is 19.4. The number of esters is 1. The number of carbonyl (C=O) groups is 2. The molecule has 1 heterocycles. The Hall–Kier alpha value is -1.95. The molecule has 2 rings (SSSR count). The van der Waals surface area contributed by atoms with Crippen LogP contribution in [0.4, 0.5) is 5.69 Å². The van der Waals surface area contributed by atoms with Crippen molar-refractivity contribution >= 4 is 43.5 Å². The minimum absolute atomic E-state index is 0.0189. The number of carbonyl (C=O) groups excluding carboxylic acids is 2. The second-order valence-corrected chi connectivity index (χ2v) is 7.43. The predicted molar refractivity (Wildman–Crippen MR) is 91.8 cm³/mol. The Balaban J connectivity index is 2.52. The number of hydrogen-bond donors (Lipinski definition) is 3. The Morgan fingerprint density at radius 1 is 1.48 bits per heavy atom. The van der Waals surface area contributed by atoms with E-state index in [1.54, 1.807) is 6.07 Å². The smallest absolute Gasteiger partial charge is 0.337 e. The number of methoxy groups -OCH3 is 1. The summed E-state index contributed by atoms with van der Waals surface area (Å²) < 4.78 is 28.6. The minimum Gasteiger partial charge on any atom is -0.466 e. The second-order valence-electron chi connectivity index (χ2n) is 5.08. The molecule has 0 aliphatic carbocycles. The van der Waals surface area contributed by atoms with Gasteiger partial charge >= 0.3 is 5.97 Å². The Kier molecular flexibility index (Phi) is 5.83.